The summed E-state index contributed by atoms with van der Waals surface area (Å²) in [6.45, 7) is 0. The van der Waals surface area contributed by atoms with Crippen LogP contribution < -0.4 is 15.7 Å². The van der Waals surface area contributed by atoms with Gasteiger partial charge in [0.25, 0.3) is 11.5 Å². The van der Waals surface area contributed by atoms with Gasteiger partial charge in [0.1, 0.15) is 5.75 Å². The highest BCUT2D eigenvalue weighted by molar-refractivity contribution is 7.99. The van der Waals surface area contributed by atoms with Crippen molar-refractivity contribution in [2.24, 2.45) is 5.10 Å². The first-order valence-electron chi connectivity index (χ1n) is 10.0. The molecule has 3 aromatic carbocycles. The average molecular weight is 513 g/mol. The van der Waals surface area contributed by atoms with E-state index in [9.17, 15) is 9.59 Å². The van der Waals surface area contributed by atoms with E-state index in [-0.39, 0.29) is 17.2 Å². The quantitative estimate of drug-likeness (QED) is 0.164. The molecule has 1 N–H and O–H groups in total. The number of thioether (sulfide) groups is 1. The predicted octanol–water partition coefficient (Wildman–Crippen LogP) is 4.94. The fourth-order valence-electron chi connectivity index (χ4n) is 3.13. The molecule has 34 heavy (non-hydrogen) atoms. The van der Waals surface area contributed by atoms with Crippen molar-refractivity contribution in [3.05, 3.63) is 92.7 Å². The number of benzene rings is 3. The molecule has 0 spiro atoms. The van der Waals surface area contributed by atoms with Crippen molar-refractivity contribution in [3.8, 4) is 11.4 Å². The van der Waals surface area contributed by atoms with Crippen LogP contribution in [0.3, 0.4) is 0 Å². The molecule has 172 valence electrons. The lowest BCUT2D eigenvalue weighted by Crippen LogP contribution is -2.24. The maximum Gasteiger partial charge on any atom is 0.266 e. The van der Waals surface area contributed by atoms with Gasteiger partial charge >= 0.3 is 0 Å². The predicted molar refractivity (Wildman–Crippen MR) is 137 cm³/mol. The van der Waals surface area contributed by atoms with Gasteiger partial charge in [-0.25, -0.2) is 10.4 Å². The second-order valence-electron chi connectivity index (χ2n) is 6.97. The Morgan fingerprint density at radius 2 is 1.79 bits per heavy atom. The topological polar surface area (TPSA) is 85.6 Å². The Kier molecular flexibility index (Phi) is 7.52. The molecule has 0 radical (unpaired) electrons. The van der Waals surface area contributed by atoms with E-state index in [1.165, 1.54) is 10.8 Å². The number of amides is 1. The van der Waals surface area contributed by atoms with E-state index in [1.807, 2.05) is 6.07 Å². The van der Waals surface area contributed by atoms with Crippen LogP contribution in [0.25, 0.3) is 16.6 Å². The summed E-state index contributed by atoms with van der Waals surface area (Å²) in [5, 5.41) is 5.63. The van der Waals surface area contributed by atoms with Gasteiger partial charge < -0.3 is 4.74 Å². The van der Waals surface area contributed by atoms with Crippen LogP contribution in [0.15, 0.2) is 81.8 Å². The zero-order valence-electron chi connectivity index (χ0n) is 17.9. The van der Waals surface area contributed by atoms with Gasteiger partial charge in [0.2, 0.25) is 0 Å². The van der Waals surface area contributed by atoms with E-state index in [0.717, 1.165) is 11.8 Å². The molecule has 7 nitrogen and oxygen atoms in total. The fraction of sp³-hybridized carbons (Fsp3) is 0.0833. The first kappa shape index (κ1) is 23.8. The van der Waals surface area contributed by atoms with Crippen molar-refractivity contribution in [1.82, 2.24) is 15.0 Å². The summed E-state index contributed by atoms with van der Waals surface area (Å²) >= 11 is 13.3. The van der Waals surface area contributed by atoms with Crippen molar-refractivity contribution < 1.29 is 9.53 Å². The van der Waals surface area contributed by atoms with E-state index in [1.54, 1.807) is 67.8 Å². The highest BCUT2D eigenvalue weighted by Gasteiger charge is 2.15. The third-order valence-corrected chi connectivity index (χ3v) is 6.39. The van der Waals surface area contributed by atoms with Crippen LogP contribution in [0.4, 0.5) is 0 Å². The molecule has 0 bridgehead atoms. The molecule has 0 saturated carbocycles. The van der Waals surface area contributed by atoms with E-state index >= 15 is 0 Å². The number of rotatable bonds is 7. The third kappa shape index (κ3) is 5.25. The lowest BCUT2D eigenvalue weighted by Gasteiger charge is -2.13. The number of hydrazone groups is 1. The molecular weight excluding hydrogens is 495 g/mol. The summed E-state index contributed by atoms with van der Waals surface area (Å²) in [5.74, 6) is 0.262. The normalized spacial score (nSPS) is 11.1. The summed E-state index contributed by atoms with van der Waals surface area (Å²) < 4.78 is 6.69. The van der Waals surface area contributed by atoms with Crippen molar-refractivity contribution in [1.29, 1.82) is 0 Å². The first-order chi connectivity index (χ1) is 16.5. The number of methoxy groups -OCH3 is 1. The van der Waals surface area contributed by atoms with E-state index in [0.29, 0.717) is 43.1 Å². The van der Waals surface area contributed by atoms with Gasteiger partial charge in [-0.1, -0.05) is 53.2 Å². The van der Waals surface area contributed by atoms with Crippen LogP contribution in [-0.4, -0.2) is 34.5 Å². The maximum atomic E-state index is 13.3. The minimum absolute atomic E-state index is 0.0193. The molecule has 1 amide bonds. The van der Waals surface area contributed by atoms with Crippen molar-refractivity contribution in [2.75, 3.05) is 12.9 Å². The number of ether oxygens (including phenoxy) is 1. The van der Waals surface area contributed by atoms with Gasteiger partial charge in [-0.2, -0.15) is 5.10 Å². The van der Waals surface area contributed by atoms with Crippen LogP contribution in [0.2, 0.25) is 10.0 Å². The second-order valence-corrected chi connectivity index (χ2v) is 8.72. The van der Waals surface area contributed by atoms with Crippen LogP contribution in [0.1, 0.15) is 5.56 Å². The third-order valence-electron chi connectivity index (χ3n) is 4.79. The number of nitrogens with zero attached hydrogens (tertiary/aromatic N) is 3. The van der Waals surface area contributed by atoms with E-state index in [4.69, 9.17) is 27.9 Å². The molecule has 4 aromatic rings. The Morgan fingerprint density at radius 3 is 2.50 bits per heavy atom. The van der Waals surface area contributed by atoms with Crippen molar-refractivity contribution in [2.45, 2.75) is 5.16 Å². The number of carbonyl (C=O) groups excluding carboxylic acids is 1. The van der Waals surface area contributed by atoms with Gasteiger partial charge in [-0.3, -0.25) is 14.2 Å². The van der Waals surface area contributed by atoms with Gasteiger partial charge in [-0.15, -0.1) is 0 Å². The molecule has 0 aliphatic heterocycles. The first-order valence-corrected chi connectivity index (χ1v) is 11.8. The summed E-state index contributed by atoms with van der Waals surface area (Å²) in [6.07, 6.45) is 1.38. The SMILES string of the molecule is COc1ccc(-n2c(SCC(=O)N/N=C/c3c(Cl)cccc3Cl)nc3ccccc3c2=O)cc1. The number of carbonyl (C=O) groups is 1. The van der Waals surface area contributed by atoms with Crippen LogP contribution in [0.5, 0.6) is 5.75 Å². The number of halogens is 2. The molecular formula is C24H18Cl2N4O3S. The molecule has 0 aliphatic carbocycles. The highest BCUT2D eigenvalue weighted by atomic mass is 35.5. The Hall–Kier alpha value is -3.33. The molecule has 0 unspecified atom stereocenters. The molecule has 1 heterocycles. The van der Waals surface area contributed by atoms with Crippen LogP contribution >= 0.6 is 35.0 Å². The Balaban J connectivity index is 1.57. The van der Waals surface area contributed by atoms with Crippen LogP contribution in [0, 0.1) is 0 Å². The Bertz CT molecular complexity index is 1420. The molecule has 0 atom stereocenters. The number of hydrogen-bond donors (Lipinski definition) is 1. The van der Waals surface area contributed by atoms with Crippen LogP contribution in [-0.2, 0) is 4.79 Å². The smallest absolute Gasteiger partial charge is 0.266 e. The molecule has 0 fully saturated rings. The average Bonchev–Trinajstić information content (AvgIpc) is 2.85. The largest absolute Gasteiger partial charge is 0.497 e. The highest BCUT2D eigenvalue weighted by Crippen LogP contribution is 2.23. The number of para-hydroxylation sites is 1. The molecule has 0 aliphatic rings. The van der Waals surface area contributed by atoms with Gasteiger partial charge in [0.15, 0.2) is 5.16 Å². The number of nitrogens with one attached hydrogen (secondary N) is 1. The van der Waals surface area contributed by atoms with Gasteiger partial charge in [-0.05, 0) is 48.5 Å². The summed E-state index contributed by atoms with van der Waals surface area (Å²) in [6, 6.07) is 19.2. The zero-order chi connectivity index (χ0) is 24.1. The van der Waals surface area contributed by atoms with Gasteiger partial charge in [0.05, 0.1) is 45.7 Å². The summed E-state index contributed by atoms with van der Waals surface area (Å²) in [7, 11) is 1.57. The number of hydrogen-bond acceptors (Lipinski definition) is 6. The van der Waals surface area contributed by atoms with Gasteiger partial charge in [0, 0.05) is 5.56 Å². The van der Waals surface area contributed by atoms with E-state index in [2.05, 4.69) is 15.5 Å². The minimum atomic E-state index is -0.381. The molecule has 0 saturated heterocycles. The van der Waals surface area contributed by atoms with E-state index < -0.39 is 0 Å². The number of fused-ring (bicyclic) bond motifs is 1. The zero-order valence-corrected chi connectivity index (χ0v) is 20.2. The molecule has 4 rings (SSSR count). The standard InChI is InChI=1S/C24H18Cl2N4O3S/c1-33-16-11-9-15(10-12-16)30-23(32)17-5-2-3-8-21(17)28-24(30)34-14-22(31)29-27-13-18-19(25)6-4-7-20(18)26/h2-13H,14H2,1H3,(H,29,31)/b27-13+. The lowest BCUT2D eigenvalue weighted by molar-refractivity contribution is -0.118. The fourth-order valence-corrected chi connectivity index (χ4v) is 4.43. The number of aromatic nitrogens is 2. The molecule has 10 heteroatoms. The van der Waals surface area contributed by atoms with Crippen molar-refractivity contribution >= 4 is 58.0 Å². The minimum Gasteiger partial charge on any atom is -0.497 e. The summed E-state index contributed by atoms with van der Waals surface area (Å²) in [4.78, 5) is 30.3. The second kappa shape index (κ2) is 10.7. The summed E-state index contributed by atoms with van der Waals surface area (Å²) in [5.41, 5.74) is 3.87. The Morgan fingerprint density at radius 1 is 1.09 bits per heavy atom. The lowest BCUT2D eigenvalue weighted by atomic mass is 10.2. The Labute approximate surface area is 209 Å². The van der Waals surface area contributed by atoms with Crippen molar-refractivity contribution in [3.63, 3.8) is 0 Å². The maximum absolute atomic E-state index is 13.3. The monoisotopic (exact) mass is 512 g/mol. The molecule has 1 aromatic heterocycles.